The summed E-state index contributed by atoms with van der Waals surface area (Å²) in [5.41, 5.74) is -0.191. The molecule has 73 heavy (non-hydrogen) atoms. The number of epoxide rings is 2. The van der Waals surface area contributed by atoms with Gasteiger partial charge < -0.3 is 93.6 Å². The topological polar surface area (TPSA) is 204 Å². The van der Waals surface area contributed by atoms with E-state index in [-0.39, 0.29) is 43.3 Å². The normalized spacial score (nSPS) is 18.3. The molecule has 0 bridgehead atoms. The number of hydrogen-bond acceptors (Lipinski definition) is 20. The Morgan fingerprint density at radius 1 is 0.507 bits per heavy atom. The van der Waals surface area contributed by atoms with Gasteiger partial charge >= 0.3 is 26.4 Å². The van der Waals surface area contributed by atoms with Crippen molar-refractivity contribution in [2.24, 2.45) is 28.6 Å². The number of aliphatic hydroxyl groups excluding tert-OH is 2. The number of rotatable bonds is 44. The number of nitrogens with zero attached hydrogens (tertiary/aromatic N) is 2. The maximum atomic E-state index is 10.6. The Morgan fingerprint density at radius 2 is 0.795 bits per heavy atom. The van der Waals surface area contributed by atoms with Crippen molar-refractivity contribution >= 4 is 26.4 Å². The quantitative estimate of drug-likeness (QED) is 0.0541. The second kappa shape index (κ2) is 40.9. The molecule has 2 fully saturated rings. The summed E-state index contributed by atoms with van der Waals surface area (Å²) in [7, 11) is 7.06. The van der Waals surface area contributed by atoms with Crippen LogP contribution in [0.3, 0.4) is 0 Å². The molecule has 23 heteroatoms. The van der Waals surface area contributed by atoms with Crippen molar-refractivity contribution in [1.82, 2.24) is 15.1 Å². The summed E-state index contributed by atoms with van der Waals surface area (Å²) in [5, 5.41) is 24.6. The first kappa shape index (κ1) is 74.9. The van der Waals surface area contributed by atoms with Gasteiger partial charge in [-0.3, -0.25) is 0 Å². The minimum absolute atomic E-state index is 0. The van der Waals surface area contributed by atoms with Crippen LogP contribution in [0.2, 0.25) is 18.1 Å². The summed E-state index contributed by atoms with van der Waals surface area (Å²) in [6.07, 6.45) is -0.512. The average molecular weight is 1110 g/mol. The van der Waals surface area contributed by atoms with Crippen molar-refractivity contribution in [2.45, 2.75) is 119 Å². The highest BCUT2D eigenvalue weighted by Gasteiger charge is 2.41. The molecule has 0 saturated carbocycles. The fraction of sp³-hybridized carbons (Fsp3) is 1.00. The van der Waals surface area contributed by atoms with Crippen LogP contribution in [0.15, 0.2) is 0 Å². The van der Waals surface area contributed by atoms with Crippen molar-refractivity contribution in [3.63, 3.8) is 0 Å². The Balaban J connectivity index is 0. The summed E-state index contributed by atoms with van der Waals surface area (Å²) in [5.74, 6) is 1.06. The van der Waals surface area contributed by atoms with Gasteiger partial charge in [0.05, 0.1) is 78.3 Å². The molecule has 2 aliphatic heterocycles. The van der Waals surface area contributed by atoms with E-state index in [9.17, 15) is 10.2 Å². The van der Waals surface area contributed by atoms with Crippen molar-refractivity contribution in [3.05, 3.63) is 0 Å². The van der Waals surface area contributed by atoms with Crippen LogP contribution in [0.4, 0.5) is 0 Å². The molecule has 0 radical (unpaired) electrons. The second-order valence-electron chi connectivity index (χ2n) is 20.9. The van der Waals surface area contributed by atoms with Crippen LogP contribution < -0.4 is 5.32 Å². The first-order valence-electron chi connectivity index (χ1n) is 26.0. The molecular formula is C50H113N3O17Si3. The van der Waals surface area contributed by atoms with Gasteiger partial charge in [-0.1, -0.05) is 76.7 Å². The van der Waals surface area contributed by atoms with Crippen LogP contribution >= 0.6 is 0 Å². The van der Waals surface area contributed by atoms with Gasteiger partial charge in [0.25, 0.3) is 0 Å². The number of likely N-dealkylation sites (N-methyl/N-ethyl adjacent to an activating group) is 2. The standard InChI is InChI=1S/C29H66N2O10Si2.C11H20O4.C9H23NO3Si.CH4/c1-13-30(15-25(3)21-42(34-7,35-8)36-9)17-27(32)19-40-23-29(5,6)24-41-20-28(33)18-31(14-2)16-26(4)22-43(37-10,38-11)39-12;1-11(2,7-12-3-9-5-14-9)8-13-4-10-6-15-10;1-6-10-7-9(2)8-14(11-3,12-4)13-5;/h25-28,32-33H,13-24H2,1-12H3;9-10H,3-8H2,1-2H3;9-10H,6-8H2,1-5H3;1H4. The third kappa shape index (κ3) is 35.2. The second-order valence-corrected chi connectivity index (χ2v) is 29.9. The molecule has 7 atom stereocenters. The van der Waals surface area contributed by atoms with Gasteiger partial charge in [0.15, 0.2) is 0 Å². The molecule has 0 aromatic rings. The summed E-state index contributed by atoms with van der Waals surface area (Å²) >= 11 is 0. The van der Waals surface area contributed by atoms with E-state index in [1.165, 1.54) is 0 Å². The molecule has 0 aliphatic carbocycles. The van der Waals surface area contributed by atoms with Crippen LogP contribution in [0.25, 0.3) is 0 Å². The van der Waals surface area contributed by atoms with E-state index in [0.717, 1.165) is 85.0 Å². The van der Waals surface area contributed by atoms with Gasteiger partial charge in [0.1, 0.15) is 12.2 Å². The van der Waals surface area contributed by atoms with Crippen LogP contribution in [0, 0.1) is 28.6 Å². The predicted molar refractivity (Wildman–Crippen MR) is 294 cm³/mol. The van der Waals surface area contributed by atoms with E-state index in [4.69, 9.17) is 68.3 Å². The third-order valence-electron chi connectivity index (χ3n) is 12.3. The number of aliphatic hydroxyl groups is 2. The summed E-state index contributed by atoms with van der Waals surface area (Å²) in [4.78, 5) is 4.42. The minimum atomic E-state index is -2.64. The lowest BCUT2D eigenvalue weighted by molar-refractivity contribution is -0.0530. The Bertz CT molecular complexity index is 1190. The van der Waals surface area contributed by atoms with Gasteiger partial charge in [0, 0.05) is 119 Å². The molecule has 2 aliphatic rings. The third-order valence-corrected chi connectivity index (χ3v) is 21.5. The predicted octanol–water partition coefficient (Wildman–Crippen LogP) is 5.03. The molecule has 3 N–H and O–H groups in total. The average Bonchev–Trinajstić information content (AvgIpc) is 4.31. The smallest absolute Gasteiger partial charge is 0.389 e. The molecule has 20 nitrogen and oxygen atoms in total. The monoisotopic (exact) mass is 1110 g/mol. The SMILES string of the molecule is C.CC(C)(COCC1CO1)COCC1CO1.CCN(CC(C)C[Si](OC)(OC)OC)CC(O)COCC(C)(C)COCC(O)CN(CC)CC(C)C[Si](OC)(OC)OC.CCNCC(C)C[Si](OC)(OC)OC. The molecule has 442 valence electrons. The van der Waals surface area contributed by atoms with Crippen LogP contribution in [0.1, 0.15) is 76.7 Å². The van der Waals surface area contributed by atoms with Gasteiger partial charge in [-0.05, 0) is 43.9 Å². The fourth-order valence-electron chi connectivity index (χ4n) is 7.91. The highest BCUT2D eigenvalue weighted by molar-refractivity contribution is 6.61. The number of hydrogen-bond donors (Lipinski definition) is 3. The molecule has 7 unspecified atom stereocenters. The zero-order valence-electron chi connectivity index (χ0n) is 48.8. The van der Waals surface area contributed by atoms with Crippen LogP contribution in [-0.4, -0.2) is 253 Å². The van der Waals surface area contributed by atoms with Crippen molar-refractivity contribution in [3.8, 4) is 0 Å². The largest absolute Gasteiger partial charge is 0.500 e. The molecular weight excluding hydrogens is 999 g/mol. The van der Waals surface area contributed by atoms with Gasteiger partial charge in [-0.15, -0.1) is 0 Å². The lowest BCUT2D eigenvalue weighted by Gasteiger charge is -2.31. The zero-order chi connectivity index (χ0) is 54.9. The molecule has 2 rings (SSSR count). The molecule has 2 saturated heterocycles. The van der Waals surface area contributed by atoms with Gasteiger partial charge in [-0.25, -0.2) is 0 Å². The van der Waals surface area contributed by atoms with E-state index in [1.54, 1.807) is 64.0 Å². The molecule has 0 amide bonds. The Morgan fingerprint density at radius 3 is 1.05 bits per heavy atom. The number of ether oxygens (including phenoxy) is 6. The highest BCUT2D eigenvalue weighted by Crippen LogP contribution is 2.24. The Hall–Kier alpha value is -0.149. The van der Waals surface area contributed by atoms with E-state index in [1.807, 2.05) is 0 Å². The molecule has 0 spiro atoms. The zero-order valence-corrected chi connectivity index (χ0v) is 51.8. The van der Waals surface area contributed by atoms with Crippen molar-refractivity contribution in [1.29, 1.82) is 0 Å². The van der Waals surface area contributed by atoms with Gasteiger partial charge in [-0.2, -0.15) is 0 Å². The van der Waals surface area contributed by atoms with Crippen LogP contribution in [0.5, 0.6) is 0 Å². The lowest BCUT2D eigenvalue weighted by atomic mass is 9.96. The van der Waals surface area contributed by atoms with Crippen LogP contribution in [-0.2, 0) is 68.3 Å². The van der Waals surface area contributed by atoms with Gasteiger partial charge in [0.2, 0.25) is 0 Å². The summed E-state index contributed by atoms with van der Waals surface area (Å²) in [6.45, 7) is 33.3. The first-order chi connectivity index (χ1) is 34.0. The summed E-state index contributed by atoms with van der Waals surface area (Å²) < 4.78 is 82.5. The van der Waals surface area contributed by atoms with E-state index in [2.05, 4.69) is 84.4 Å². The number of nitrogens with one attached hydrogen (secondary N) is 1. The fourth-order valence-corrected chi connectivity index (χ4v) is 13.9. The molecule has 2 heterocycles. The van der Waals surface area contributed by atoms with E-state index in [0.29, 0.717) is 56.5 Å². The Labute approximate surface area is 448 Å². The molecule has 0 aromatic carbocycles. The summed E-state index contributed by atoms with van der Waals surface area (Å²) in [6, 6.07) is 2.26. The maximum absolute atomic E-state index is 10.6. The lowest BCUT2D eigenvalue weighted by Crippen LogP contribution is -2.46. The molecule has 0 aromatic heterocycles. The minimum Gasteiger partial charge on any atom is -0.389 e. The van der Waals surface area contributed by atoms with E-state index >= 15 is 0 Å². The van der Waals surface area contributed by atoms with Crippen molar-refractivity contribution < 1.29 is 78.5 Å². The Kier molecular flexibility index (Phi) is 42.0. The maximum Gasteiger partial charge on any atom is 0.500 e. The first-order valence-corrected chi connectivity index (χ1v) is 31.8. The highest BCUT2D eigenvalue weighted by atomic mass is 28.4. The van der Waals surface area contributed by atoms with Crippen molar-refractivity contribution in [2.75, 3.05) is 182 Å². The van der Waals surface area contributed by atoms with E-state index < -0.39 is 38.6 Å².